The molecule has 1 aliphatic rings. The van der Waals surface area contributed by atoms with Gasteiger partial charge in [0.1, 0.15) is 18.1 Å². The Morgan fingerprint density at radius 3 is 2.81 bits per heavy atom. The van der Waals surface area contributed by atoms with Gasteiger partial charge in [-0.25, -0.2) is 9.07 Å². The van der Waals surface area contributed by atoms with E-state index in [1.807, 2.05) is 0 Å². The maximum Gasteiger partial charge on any atom is 0.267 e. The molecule has 1 aromatic carbocycles. The Balaban J connectivity index is 1.85. The second kappa shape index (κ2) is 7.34. The van der Waals surface area contributed by atoms with E-state index in [1.165, 1.54) is 36.3 Å². The highest BCUT2D eigenvalue weighted by molar-refractivity contribution is 5.85. The number of nitrogens with one attached hydrogen (secondary N) is 1. The molecule has 0 radical (unpaired) electrons. The lowest BCUT2D eigenvalue weighted by Crippen LogP contribution is -2.51. The molecule has 0 unspecified atom stereocenters. The van der Waals surface area contributed by atoms with Crippen LogP contribution in [-0.2, 0) is 16.1 Å². The molecule has 26 heavy (non-hydrogen) atoms. The first-order valence-electron chi connectivity index (χ1n) is 7.94. The molecule has 1 aromatic heterocycles. The monoisotopic (exact) mass is 360 g/mol. The molecular formula is C17H17FN4O4. The van der Waals surface area contributed by atoms with Crippen LogP contribution < -0.4 is 15.6 Å². The van der Waals surface area contributed by atoms with Crippen molar-refractivity contribution in [1.82, 2.24) is 20.0 Å². The number of ether oxygens (including phenoxy) is 1. The van der Waals surface area contributed by atoms with Gasteiger partial charge in [-0.05, 0) is 18.2 Å². The van der Waals surface area contributed by atoms with E-state index in [0.717, 1.165) is 4.68 Å². The molecule has 1 saturated heterocycles. The number of benzene rings is 1. The molecule has 1 aliphatic heterocycles. The van der Waals surface area contributed by atoms with E-state index in [-0.39, 0.29) is 30.3 Å². The molecule has 0 spiro atoms. The lowest BCUT2D eigenvalue weighted by Gasteiger charge is -2.26. The highest BCUT2D eigenvalue weighted by Gasteiger charge is 2.22. The van der Waals surface area contributed by atoms with E-state index in [0.29, 0.717) is 18.8 Å². The number of aromatic nitrogens is 2. The van der Waals surface area contributed by atoms with Crippen LogP contribution in [0.2, 0.25) is 0 Å². The molecule has 9 heteroatoms. The summed E-state index contributed by atoms with van der Waals surface area (Å²) in [6.07, 6.45) is 0. The zero-order chi connectivity index (χ0) is 18.7. The summed E-state index contributed by atoms with van der Waals surface area (Å²) < 4.78 is 20.1. The maximum absolute atomic E-state index is 14.2. The van der Waals surface area contributed by atoms with Gasteiger partial charge in [-0.3, -0.25) is 14.4 Å². The van der Waals surface area contributed by atoms with Crippen LogP contribution in [-0.4, -0.2) is 53.2 Å². The van der Waals surface area contributed by atoms with Gasteiger partial charge >= 0.3 is 0 Å². The number of amides is 2. The van der Waals surface area contributed by atoms with E-state index >= 15 is 0 Å². The number of rotatable bonds is 4. The molecule has 0 saturated carbocycles. The standard InChI is InChI=1S/C17H17FN4O4/c1-26-11-2-3-12(13(18)8-11)14-4-5-16(24)22(20-14)10-17(25)21-7-6-19-15(23)9-21/h2-5,8H,6-7,9-10H2,1H3,(H,19,23). The Bertz CT molecular complexity index is 912. The van der Waals surface area contributed by atoms with Crippen LogP contribution in [0.25, 0.3) is 11.3 Å². The van der Waals surface area contributed by atoms with E-state index in [9.17, 15) is 18.8 Å². The molecule has 2 heterocycles. The van der Waals surface area contributed by atoms with Crippen molar-refractivity contribution in [2.75, 3.05) is 26.7 Å². The molecule has 2 amide bonds. The van der Waals surface area contributed by atoms with Crippen molar-refractivity contribution in [3.8, 4) is 17.0 Å². The minimum Gasteiger partial charge on any atom is -0.497 e. The number of piperazine rings is 1. The SMILES string of the molecule is COc1ccc(-c2ccc(=O)n(CC(=O)N3CCNC(=O)C3)n2)c(F)c1. The van der Waals surface area contributed by atoms with Crippen molar-refractivity contribution in [2.24, 2.45) is 0 Å². The molecule has 2 aromatic rings. The molecule has 136 valence electrons. The minimum absolute atomic E-state index is 0.0552. The molecule has 8 nitrogen and oxygen atoms in total. The molecule has 1 fully saturated rings. The normalized spacial score (nSPS) is 14.1. The highest BCUT2D eigenvalue weighted by Crippen LogP contribution is 2.23. The summed E-state index contributed by atoms with van der Waals surface area (Å²) in [7, 11) is 1.43. The summed E-state index contributed by atoms with van der Waals surface area (Å²) in [5.41, 5.74) is -0.0872. The van der Waals surface area contributed by atoms with Crippen molar-refractivity contribution < 1.29 is 18.7 Å². The summed E-state index contributed by atoms with van der Waals surface area (Å²) in [4.78, 5) is 37.1. The predicted octanol–water partition coefficient (Wildman–Crippen LogP) is 0.0164. The van der Waals surface area contributed by atoms with Crippen LogP contribution in [0.5, 0.6) is 5.75 Å². The largest absolute Gasteiger partial charge is 0.497 e. The van der Waals surface area contributed by atoms with Gasteiger partial charge < -0.3 is 15.0 Å². The fourth-order valence-electron chi connectivity index (χ4n) is 2.62. The third kappa shape index (κ3) is 3.71. The summed E-state index contributed by atoms with van der Waals surface area (Å²) in [5.74, 6) is -0.847. The molecular weight excluding hydrogens is 343 g/mol. The van der Waals surface area contributed by atoms with E-state index in [1.54, 1.807) is 6.07 Å². The van der Waals surface area contributed by atoms with Crippen LogP contribution in [0.3, 0.4) is 0 Å². The summed E-state index contributed by atoms with van der Waals surface area (Å²) >= 11 is 0. The fraction of sp³-hybridized carbons (Fsp3) is 0.294. The highest BCUT2D eigenvalue weighted by atomic mass is 19.1. The van der Waals surface area contributed by atoms with Crippen molar-refractivity contribution in [3.63, 3.8) is 0 Å². The first kappa shape index (κ1) is 17.6. The molecule has 0 bridgehead atoms. The Morgan fingerprint density at radius 1 is 1.31 bits per heavy atom. The Morgan fingerprint density at radius 2 is 2.12 bits per heavy atom. The zero-order valence-corrected chi connectivity index (χ0v) is 14.1. The van der Waals surface area contributed by atoms with E-state index in [4.69, 9.17) is 4.74 Å². The molecule has 0 atom stereocenters. The van der Waals surface area contributed by atoms with Crippen molar-refractivity contribution >= 4 is 11.8 Å². The van der Waals surface area contributed by atoms with Crippen LogP contribution in [0.15, 0.2) is 35.1 Å². The Hall–Kier alpha value is -3.23. The van der Waals surface area contributed by atoms with Gasteiger partial charge in [0.2, 0.25) is 11.8 Å². The first-order chi connectivity index (χ1) is 12.5. The second-order valence-electron chi connectivity index (χ2n) is 5.73. The first-order valence-corrected chi connectivity index (χ1v) is 7.94. The van der Waals surface area contributed by atoms with Crippen LogP contribution in [0.4, 0.5) is 4.39 Å². The van der Waals surface area contributed by atoms with Gasteiger partial charge in [0, 0.05) is 30.8 Å². The van der Waals surface area contributed by atoms with Gasteiger partial charge in [0.25, 0.3) is 5.56 Å². The molecule has 3 rings (SSSR count). The molecule has 0 aliphatic carbocycles. The summed E-state index contributed by atoms with van der Waals surface area (Å²) in [5, 5.41) is 6.71. The third-order valence-electron chi connectivity index (χ3n) is 3.99. The number of halogens is 1. The number of carbonyl (C=O) groups excluding carboxylic acids is 2. The van der Waals surface area contributed by atoms with E-state index in [2.05, 4.69) is 10.4 Å². The van der Waals surface area contributed by atoms with Gasteiger partial charge in [-0.2, -0.15) is 5.10 Å². The Kier molecular flexibility index (Phi) is 4.97. The van der Waals surface area contributed by atoms with Crippen molar-refractivity contribution in [1.29, 1.82) is 0 Å². The van der Waals surface area contributed by atoms with Crippen LogP contribution in [0, 0.1) is 5.82 Å². The minimum atomic E-state index is -0.555. The smallest absolute Gasteiger partial charge is 0.267 e. The van der Waals surface area contributed by atoms with Crippen molar-refractivity contribution in [3.05, 3.63) is 46.5 Å². The average Bonchev–Trinajstić information content (AvgIpc) is 2.63. The van der Waals surface area contributed by atoms with Gasteiger partial charge in [0.05, 0.1) is 19.3 Å². The van der Waals surface area contributed by atoms with E-state index < -0.39 is 17.3 Å². The lowest BCUT2D eigenvalue weighted by molar-refractivity contribution is -0.138. The quantitative estimate of drug-likeness (QED) is 0.830. The van der Waals surface area contributed by atoms with Gasteiger partial charge in [0.15, 0.2) is 0 Å². The number of nitrogens with zero attached hydrogens (tertiary/aromatic N) is 3. The lowest BCUT2D eigenvalue weighted by atomic mass is 10.1. The summed E-state index contributed by atoms with van der Waals surface area (Å²) in [6.45, 7) is 0.355. The van der Waals surface area contributed by atoms with Crippen molar-refractivity contribution in [2.45, 2.75) is 6.54 Å². The number of hydrogen-bond acceptors (Lipinski definition) is 5. The number of methoxy groups -OCH3 is 1. The van der Waals surface area contributed by atoms with Gasteiger partial charge in [-0.15, -0.1) is 0 Å². The topological polar surface area (TPSA) is 93.5 Å². The zero-order valence-electron chi connectivity index (χ0n) is 14.1. The van der Waals surface area contributed by atoms with Gasteiger partial charge in [-0.1, -0.05) is 0 Å². The van der Waals surface area contributed by atoms with Crippen LogP contribution in [0.1, 0.15) is 0 Å². The number of hydrogen-bond donors (Lipinski definition) is 1. The fourth-order valence-corrected chi connectivity index (χ4v) is 2.62. The predicted molar refractivity (Wildman–Crippen MR) is 90.0 cm³/mol. The third-order valence-corrected chi connectivity index (χ3v) is 3.99. The van der Waals surface area contributed by atoms with Crippen LogP contribution >= 0.6 is 0 Å². The number of carbonyl (C=O) groups is 2. The summed E-state index contributed by atoms with van der Waals surface area (Å²) in [6, 6.07) is 6.89. The maximum atomic E-state index is 14.2. The Labute approximate surface area is 148 Å². The second-order valence-corrected chi connectivity index (χ2v) is 5.73. The average molecular weight is 360 g/mol. The molecule has 1 N–H and O–H groups in total.